The van der Waals surface area contributed by atoms with E-state index in [1.165, 1.54) is 12.0 Å². The lowest BCUT2D eigenvalue weighted by atomic mass is 9.77. The maximum atomic E-state index is 11.7. The van der Waals surface area contributed by atoms with Crippen LogP contribution < -0.4 is 10.5 Å². The van der Waals surface area contributed by atoms with Gasteiger partial charge >= 0.3 is 0 Å². The molecule has 0 amide bonds. The molecular formula is C18H19BrN2O2S. The fourth-order valence-corrected chi connectivity index (χ4v) is 5.02. The van der Waals surface area contributed by atoms with Crippen molar-refractivity contribution in [1.29, 1.82) is 0 Å². The number of benzene rings is 2. The summed E-state index contributed by atoms with van der Waals surface area (Å²) >= 11 is 3.49. The zero-order valence-corrected chi connectivity index (χ0v) is 15.5. The van der Waals surface area contributed by atoms with E-state index in [2.05, 4.69) is 45.5 Å². The van der Waals surface area contributed by atoms with Crippen LogP contribution in [0.3, 0.4) is 0 Å². The van der Waals surface area contributed by atoms with Crippen molar-refractivity contribution < 1.29 is 8.42 Å². The van der Waals surface area contributed by atoms with Crippen LogP contribution in [0.2, 0.25) is 0 Å². The molecule has 3 unspecified atom stereocenters. The number of rotatable bonds is 2. The average molecular weight is 407 g/mol. The quantitative estimate of drug-likeness (QED) is 0.786. The molecule has 126 valence electrons. The molecule has 4 nitrogen and oxygen atoms in total. The Kier molecular flexibility index (Phi) is 3.94. The zero-order valence-electron chi connectivity index (χ0n) is 13.1. The first-order valence-electron chi connectivity index (χ1n) is 8.12. The van der Waals surface area contributed by atoms with Crippen molar-refractivity contribution >= 4 is 31.6 Å². The Morgan fingerprint density at radius 2 is 1.83 bits per heavy atom. The minimum atomic E-state index is -3.67. The second-order valence-corrected chi connectivity index (χ2v) is 9.15. The van der Waals surface area contributed by atoms with Crippen LogP contribution in [0.15, 0.2) is 51.8 Å². The van der Waals surface area contributed by atoms with E-state index in [1.807, 2.05) is 6.07 Å². The third-order valence-corrected chi connectivity index (χ3v) is 6.73. The van der Waals surface area contributed by atoms with E-state index in [0.29, 0.717) is 11.8 Å². The van der Waals surface area contributed by atoms with Crippen LogP contribution in [0.25, 0.3) is 0 Å². The molecule has 0 radical (unpaired) electrons. The molecule has 1 aliphatic heterocycles. The predicted octanol–water partition coefficient (Wildman–Crippen LogP) is 4.15. The summed E-state index contributed by atoms with van der Waals surface area (Å²) in [4.78, 5) is 0.204. The van der Waals surface area contributed by atoms with Gasteiger partial charge in [-0.3, -0.25) is 0 Å². The molecular weight excluding hydrogens is 388 g/mol. The van der Waals surface area contributed by atoms with Crippen molar-refractivity contribution in [2.24, 2.45) is 11.1 Å². The Labute approximate surface area is 150 Å². The second-order valence-electron chi connectivity index (χ2n) is 6.67. The maximum absolute atomic E-state index is 11.7. The van der Waals surface area contributed by atoms with Crippen LogP contribution in [-0.2, 0) is 10.0 Å². The highest BCUT2D eigenvalue weighted by Crippen LogP contribution is 2.53. The Hall–Kier alpha value is -1.37. The van der Waals surface area contributed by atoms with Crippen molar-refractivity contribution in [3.63, 3.8) is 0 Å². The Balaban J connectivity index is 1.78. The van der Waals surface area contributed by atoms with Crippen molar-refractivity contribution in [2.75, 3.05) is 5.32 Å². The summed E-state index contributed by atoms with van der Waals surface area (Å²) in [5, 5.41) is 8.94. The molecule has 4 rings (SSSR count). The van der Waals surface area contributed by atoms with Gasteiger partial charge in [0.05, 0.1) is 10.9 Å². The van der Waals surface area contributed by atoms with Crippen LogP contribution in [0.5, 0.6) is 0 Å². The summed E-state index contributed by atoms with van der Waals surface area (Å²) in [7, 11) is -3.67. The maximum Gasteiger partial charge on any atom is 0.238 e. The fraction of sp³-hybridized carbons (Fsp3) is 0.333. The van der Waals surface area contributed by atoms with Gasteiger partial charge in [0, 0.05) is 10.2 Å². The molecule has 1 fully saturated rings. The number of nitrogens with two attached hydrogens (primary N) is 1. The van der Waals surface area contributed by atoms with Gasteiger partial charge in [-0.15, -0.1) is 0 Å². The van der Waals surface area contributed by atoms with Crippen molar-refractivity contribution in [3.8, 4) is 0 Å². The minimum absolute atomic E-state index is 0.204. The van der Waals surface area contributed by atoms with Crippen molar-refractivity contribution in [1.82, 2.24) is 0 Å². The summed E-state index contributed by atoms with van der Waals surface area (Å²) in [6.07, 6.45) is 3.42. The topological polar surface area (TPSA) is 72.2 Å². The van der Waals surface area contributed by atoms with Gasteiger partial charge in [0.1, 0.15) is 0 Å². The Morgan fingerprint density at radius 1 is 1.08 bits per heavy atom. The monoisotopic (exact) mass is 406 g/mol. The summed E-state index contributed by atoms with van der Waals surface area (Å²) in [5.41, 5.74) is 3.40. The highest BCUT2D eigenvalue weighted by Gasteiger charge is 2.40. The zero-order chi connectivity index (χ0) is 16.9. The number of nitrogens with one attached hydrogen (secondary N) is 1. The van der Waals surface area contributed by atoms with Gasteiger partial charge in [0.2, 0.25) is 10.0 Å². The molecule has 6 heteroatoms. The van der Waals surface area contributed by atoms with E-state index in [1.54, 1.807) is 12.1 Å². The first kappa shape index (κ1) is 16.1. The number of sulfonamides is 1. The van der Waals surface area contributed by atoms with Gasteiger partial charge in [-0.2, -0.15) is 0 Å². The fourth-order valence-electron chi connectivity index (χ4n) is 4.21. The average Bonchev–Trinajstić information content (AvgIpc) is 3.03. The van der Waals surface area contributed by atoms with E-state index in [4.69, 9.17) is 5.14 Å². The standard InChI is InChI=1S/C18H19BrN2O2S/c19-12-6-4-11(5-7-12)18-15-3-1-2-14(15)16-10-13(24(20,22)23)8-9-17(16)21-18/h4-10,14-15,18,21H,1-3H2,(H2,20,22,23). The molecule has 2 aromatic rings. The molecule has 3 N–H and O–H groups in total. The van der Waals surface area contributed by atoms with Gasteiger partial charge in [-0.1, -0.05) is 34.5 Å². The van der Waals surface area contributed by atoms with Crippen molar-refractivity contribution in [3.05, 3.63) is 58.1 Å². The first-order valence-corrected chi connectivity index (χ1v) is 10.5. The largest absolute Gasteiger partial charge is 0.378 e. The Bertz CT molecular complexity index is 880. The number of primary sulfonamides is 1. The third-order valence-electron chi connectivity index (χ3n) is 5.29. The lowest BCUT2D eigenvalue weighted by molar-refractivity contribution is 0.405. The van der Waals surface area contributed by atoms with Crippen LogP contribution in [-0.4, -0.2) is 8.42 Å². The predicted molar refractivity (Wildman–Crippen MR) is 98.4 cm³/mol. The van der Waals surface area contributed by atoms with E-state index >= 15 is 0 Å². The van der Waals surface area contributed by atoms with Crippen LogP contribution in [0.4, 0.5) is 5.69 Å². The highest BCUT2D eigenvalue weighted by atomic mass is 79.9. The SMILES string of the molecule is NS(=O)(=O)c1ccc2c(c1)C1CCCC1C(c1ccc(Br)cc1)N2. The normalized spacial score (nSPS) is 25.7. The smallest absolute Gasteiger partial charge is 0.238 e. The van der Waals surface area contributed by atoms with Gasteiger partial charge in [-0.05, 0) is 66.1 Å². The molecule has 1 aliphatic carbocycles. The van der Waals surface area contributed by atoms with Crippen LogP contribution in [0, 0.1) is 5.92 Å². The lowest BCUT2D eigenvalue weighted by Crippen LogP contribution is -2.29. The summed E-state index contributed by atoms with van der Waals surface area (Å²) < 4.78 is 24.4. The number of hydrogen-bond acceptors (Lipinski definition) is 3. The molecule has 3 atom stereocenters. The van der Waals surface area contributed by atoms with Gasteiger partial charge in [-0.25, -0.2) is 13.6 Å². The van der Waals surface area contributed by atoms with Crippen LogP contribution in [0.1, 0.15) is 42.3 Å². The molecule has 1 heterocycles. The number of hydrogen-bond donors (Lipinski definition) is 2. The molecule has 1 saturated carbocycles. The molecule has 0 aromatic heterocycles. The van der Waals surface area contributed by atoms with E-state index < -0.39 is 10.0 Å². The lowest BCUT2D eigenvalue weighted by Gasteiger charge is -2.38. The number of anilines is 1. The Morgan fingerprint density at radius 3 is 2.54 bits per heavy atom. The molecule has 0 bridgehead atoms. The van der Waals surface area contributed by atoms with E-state index in [0.717, 1.165) is 28.6 Å². The number of fused-ring (bicyclic) bond motifs is 3. The van der Waals surface area contributed by atoms with Gasteiger partial charge in [0.15, 0.2) is 0 Å². The second kappa shape index (κ2) is 5.86. The van der Waals surface area contributed by atoms with Crippen LogP contribution >= 0.6 is 15.9 Å². The first-order chi connectivity index (χ1) is 11.4. The molecule has 2 aromatic carbocycles. The number of halogens is 1. The highest BCUT2D eigenvalue weighted by molar-refractivity contribution is 9.10. The third kappa shape index (κ3) is 2.76. The van der Waals surface area contributed by atoms with Gasteiger partial charge < -0.3 is 5.32 Å². The molecule has 0 saturated heterocycles. The summed E-state index contributed by atoms with van der Waals surface area (Å²) in [5.74, 6) is 0.867. The molecule has 24 heavy (non-hydrogen) atoms. The summed E-state index contributed by atoms with van der Waals surface area (Å²) in [6.45, 7) is 0. The minimum Gasteiger partial charge on any atom is -0.378 e. The molecule has 2 aliphatic rings. The van der Waals surface area contributed by atoms with Crippen molar-refractivity contribution in [2.45, 2.75) is 36.1 Å². The summed E-state index contributed by atoms with van der Waals surface area (Å²) in [6, 6.07) is 13.9. The van der Waals surface area contributed by atoms with E-state index in [-0.39, 0.29) is 10.9 Å². The molecule has 0 spiro atoms. The van der Waals surface area contributed by atoms with Gasteiger partial charge in [0.25, 0.3) is 0 Å². The van der Waals surface area contributed by atoms with E-state index in [9.17, 15) is 8.42 Å².